The third-order valence-corrected chi connectivity index (χ3v) is 3.87. The van der Waals surface area contributed by atoms with Gasteiger partial charge < -0.3 is 5.73 Å². The first-order chi connectivity index (χ1) is 8.03. The van der Waals surface area contributed by atoms with Crippen LogP contribution in [0, 0.1) is 11.3 Å². The van der Waals surface area contributed by atoms with Gasteiger partial charge in [0.1, 0.15) is 11.0 Å². The molecule has 0 unspecified atom stereocenters. The highest BCUT2D eigenvalue weighted by molar-refractivity contribution is 7.89. The molecule has 5 nitrogen and oxygen atoms in total. The number of nitriles is 1. The van der Waals surface area contributed by atoms with E-state index in [2.05, 4.69) is 4.72 Å². The standard InChI is InChI=1S/C10H12ClN3O2S.ClH/c11-9-3-1-4-10(8(9)7-13)17(15,16)14-6-2-5-12;/h1,3-4,14H,2,5-6,12H2;1H. The molecule has 0 atom stereocenters. The van der Waals surface area contributed by atoms with Crippen LogP contribution in [-0.2, 0) is 10.0 Å². The number of halogens is 2. The van der Waals surface area contributed by atoms with E-state index in [1.807, 2.05) is 0 Å². The summed E-state index contributed by atoms with van der Waals surface area (Å²) in [7, 11) is -3.71. The molecule has 0 saturated carbocycles. The van der Waals surface area contributed by atoms with Crippen LogP contribution in [0.2, 0.25) is 5.02 Å². The van der Waals surface area contributed by atoms with E-state index in [1.54, 1.807) is 6.07 Å². The minimum atomic E-state index is -3.71. The van der Waals surface area contributed by atoms with Gasteiger partial charge in [-0.05, 0) is 25.1 Å². The lowest BCUT2D eigenvalue weighted by molar-refractivity contribution is 0.579. The average Bonchev–Trinajstić information content (AvgIpc) is 2.29. The summed E-state index contributed by atoms with van der Waals surface area (Å²) in [4.78, 5) is -0.107. The Bertz CT molecular complexity index is 541. The normalized spacial score (nSPS) is 10.5. The molecule has 0 fully saturated rings. The summed E-state index contributed by atoms with van der Waals surface area (Å²) < 4.78 is 26.1. The van der Waals surface area contributed by atoms with Gasteiger partial charge in [-0.15, -0.1) is 12.4 Å². The molecular weight excluding hydrogens is 297 g/mol. The molecule has 8 heteroatoms. The van der Waals surface area contributed by atoms with Crippen LogP contribution in [-0.4, -0.2) is 21.5 Å². The third kappa shape index (κ3) is 4.12. The Kier molecular flexibility index (Phi) is 7.21. The molecule has 0 saturated heterocycles. The highest BCUT2D eigenvalue weighted by Crippen LogP contribution is 2.22. The predicted octanol–water partition coefficient (Wildman–Crippen LogP) is 1.26. The van der Waals surface area contributed by atoms with Crippen molar-refractivity contribution in [2.45, 2.75) is 11.3 Å². The lowest BCUT2D eigenvalue weighted by Gasteiger charge is -2.08. The van der Waals surface area contributed by atoms with Gasteiger partial charge in [-0.25, -0.2) is 13.1 Å². The Morgan fingerprint density at radius 1 is 1.44 bits per heavy atom. The highest BCUT2D eigenvalue weighted by Gasteiger charge is 2.19. The molecule has 1 aromatic rings. The molecule has 18 heavy (non-hydrogen) atoms. The van der Waals surface area contributed by atoms with Crippen LogP contribution in [0.25, 0.3) is 0 Å². The summed E-state index contributed by atoms with van der Waals surface area (Å²) >= 11 is 5.76. The Balaban J connectivity index is 0.00000289. The van der Waals surface area contributed by atoms with Crippen LogP contribution in [0.4, 0.5) is 0 Å². The maximum atomic E-state index is 11.9. The summed E-state index contributed by atoms with van der Waals surface area (Å²) in [5, 5.41) is 9.01. The van der Waals surface area contributed by atoms with Crippen LogP contribution < -0.4 is 10.5 Å². The quantitative estimate of drug-likeness (QED) is 0.800. The van der Waals surface area contributed by atoms with E-state index >= 15 is 0 Å². The van der Waals surface area contributed by atoms with Crippen LogP contribution >= 0.6 is 24.0 Å². The van der Waals surface area contributed by atoms with Crippen molar-refractivity contribution in [3.05, 3.63) is 28.8 Å². The molecule has 0 aliphatic carbocycles. The number of benzene rings is 1. The Hall–Kier alpha value is -0.840. The fourth-order valence-electron chi connectivity index (χ4n) is 1.22. The second kappa shape index (κ2) is 7.56. The maximum Gasteiger partial charge on any atom is 0.241 e. The molecule has 0 radical (unpaired) electrons. The van der Waals surface area contributed by atoms with Crippen molar-refractivity contribution < 1.29 is 8.42 Å². The first-order valence-corrected chi connectivity index (χ1v) is 6.77. The lowest BCUT2D eigenvalue weighted by Crippen LogP contribution is -2.26. The predicted molar refractivity (Wildman–Crippen MR) is 72.3 cm³/mol. The number of hydrogen-bond donors (Lipinski definition) is 2. The smallest absolute Gasteiger partial charge is 0.241 e. The van der Waals surface area contributed by atoms with Crippen molar-refractivity contribution >= 4 is 34.0 Å². The molecule has 0 bridgehead atoms. The zero-order chi connectivity index (χ0) is 12.9. The molecule has 0 heterocycles. The maximum absolute atomic E-state index is 11.9. The van der Waals surface area contributed by atoms with Crippen molar-refractivity contribution in [1.82, 2.24) is 4.72 Å². The summed E-state index contributed by atoms with van der Waals surface area (Å²) in [6.07, 6.45) is 0.529. The number of nitrogens with one attached hydrogen (secondary N) is 1. The lowest BCUT2D eigenvalue weighted by atomic mass is 10.2. The van der Waals surface area contributed by atoms with E-state index in [4.69, 9.17) is 22.6 Å². The molecule has 0 aliphatic rings. The highest BCUT2D eigenvalue weighted by atomic mass is 35.5. The summed E-state index contributed by atoms with van der Waals surface area (Å²) in [6.45, 7) is 0.624. The van der Waals surface area contributed by atoms with Crippen LogP contribution in [0.15, 0.2) is 23.1 Å². The zero-order valence-corrected chi connectivity index (χ0v) is 11.8. The van der Waals surface area contributed by atoms with Gasteiger partial charge in [0.25, 0.3) is 0 Å². The summed E-state index contributed by atoms with van der Waals surface area (Å²) in [5.74, 6) is 0. The molecular formula is C10H13Cl2N3O2S. The average molecular weight is 310 g/mol. The van der Waals surface area contributed by atoms with E-state index in [0.29, 0.717) is 13.0 Å². The van der Waals surface area contributed by atoms with Crippen molar-refractivity contribution in [1.29, 1.82) is 5.26 Å². The van der Waals surface area contributed by atoms with Gasteiger partial charge in [-0.1, -0.05) is 17.7 Å². The molecule has 0 spiro atoms. The molecule has 3 N–H and O–H groups in total. The van der Waals surface area contributed by atoms with Crippen molar-refractivity contribution in [3.63, 3.8) is 0 Å². The van der Waals surface area contributed by atoms with Gasteiger partial charge in [0, 0.05) is 6.54 Å². The largest absolute Gasteiger partial charge is 0.330 e. The summed E-state index contributed by atoms with van der Waals surface area (Å²) in [6, 6.07) is 6.09. The third-order valence-electron chi connectivity index (χ3n) is 2.05. The first kappa shape index (κ1) is 17.2. The number of hydrogen-bond acceptors (Lipinski definition) is 4. The monoisotopic (exact) mass is 309 g/mol. The summed E-state index contributed by atoms with van der Waals surface area (Å²) in [5.41, 5.74) is 5.22. The fraction of sp³-hybridized carbons (Fsp3) is 0.300. The molecule has 1 rings (SSSR count). The van der Waals surface area contributed by atoms with Crippen molar-refractivity contribution in [2.24, 2.45) is 5.73 Å². The second-order valence-corrected chi connectivity index (χ2v) is 5.41. The van der Waals surface area contributed by atoms with Crippen LogP contribution in [0.5, 0.6) is 0 Å². The molecule has 100 valence electrons. The second-order valence-electron chi connectivity index (χ2n) is 3.26. The SMILES string of the molecule is Cl.N#Cc1c(Cl)cccc1S(=O)(=O)NCCCN. The number of nitrogens with zero attached hydrogens (tertiary/aromatic N) is 1. The zero-order valence-electron chi connectivity index (χ0n) is 9.39. The number of sulfonamides is 1. The minimum Gasteiger partial charge on any atom is -0.330 e. The van der Waals surface area contributed by atoms with Gasteiger partial charge >= 0.3 is 0 Å². The van der Waals surface area contributed by atoms with Gasteiger partial charge in [-0.2, -0.15) is 5.26 Å². The van der Waals surface area contributed by atoms with Gasteiger partial charge in [0.05, 0.1) is 10.6 Å². The fourth-order valence-corrected chi connectivity index (χ4v) is 2.75. The molecule has 1 aromatic carbocycles. The van der Waals surface area contributed by atoms with Gasteiger partial charge in [-0.3, -0.25) is 0 Å². The number of nitrogens with two attached hydrogens (primary N) is 1. The van der Waals surface area contributed by atoms with Crippen molar-refractivity contribution in [3.8, 4) is 6.07 Å². The van der Waals surface area contributed by atoms with E-state index < -0.39 is 10.0 Å². The van der Waals surface area contributed by atoms with Gasteiger partial charge in [0.2, 0.25) is 10.0 Å². The Labute approximate surface area is 117 Å². The van der Waals surface area contributed by atoms with E-state index in [1.165, 1.54) is 18.2 Å². The minimum absolute atomic E-state index is 0. The molecule has 0 amide bonds. The van der Waals surface area contributed by atoms with Crippen LogP contribution in [0.3, 0.4) is 0 Å². The van der Waals surface area contributed by atoms with Crippen molar-refractivity contribution in [2.75, 3.05) is 13.1 Å². The molecule has 0 aromatic heterocycles. The van der Waals surface area contributed by atoms with E-state index in [0.717, 1.165) is 0 Å². The first-order valence-electron chi connectivity index (χ1n) is 4.91. The Morgan fingerprint density at radius 3 is 2.67 bits per heavy atom. The molecule has 0 aliphatic heterocycles. The van der Waals surface area contributed by atoms with E-state index in [-0.39, 0.29) is 34.4 Å². The Morgan fingerprint density at radius 2 is 2.11 bits per heavy atom. The van der Waals surface area contributed by atoms with E-state index in [9.17, 15) is 8.42 Å². The van der Waals surface area contributed by atoms with Crippen LogP contribution in [0.1, 0.15) is 12.0 Å². The van der Waals surface area contributed by atoms with Gasteiger partial charge in [0.15, 0.2) is 0 Å². The number of rotatable bonds is 5. The topological polar surface area (TPSA) is 96.0 Å².